The van der Waals surface area contributed by atoms with Crippen molar-refractivity contribution in [2.45, 2.75) is 26.7 Å². The molecule has 0 spiro atoms. The van der Waals surface area contributed by atoms with Crippen LogP contribution in [0.25, 0.3) is 24.0 Å². The van der Waals surface area contributed by atoms with E-state index >= 15 is 0 Å². The molecule has 19 heavy (non-hydrogen) atoms. The molecule has 0 N–H and O–H groups in total. The van der Waals surface area contributed by atoms with Gasteiger partial charge in [0.15, 0.2) is 5.78 Å². The second kappa shape index (κ2) is 4.52. The molecule has 0 aromatic carbocycles. The van der Waals surface area contributed by atoms with E-state index in [0.29, 0.717) is 11.0 Å². The van der Waals surface area contributed by atoms with Crippen molar-refractivity contribution in [2.75, 3.05) is 0 Å². The van der Waals surface area contributed by atoms with Gasteiger partial charge in [-0.25, -0.2) is 4.98 Å². The van der Waals surface area contributed by atoms with Crippen molar-refractivity contribution in [1.82, 2.24) is 12.9 Å². The molecular weight excluding hydrogens is 253 g/mol. The summed E-state index contributed by atoms with van der Waals surface area (Å²) in [6.45, 7) is 3.84. The molecule has 0 aliphatic heterocycles. The van der Waals surface area contributed by atoms with Crippen molar-refractivity contribution in [1.29, 1.82) is 0 Å². The Morgan fingerprint density at radius 1 is 1.37 bits per heavy atom. The summed E-state index contributed by atoms with van der Waals surface area (Å²) in [6.07, 6.45) is 10.0. The van der Waals surface area contributed by atoms with E-state index < -0.39 is 0 Å². The Labute approximate surface area is 119 Å². The van der Waals surface area contributed by atoms with Crippen molar-refractivity contribution in [2.24, 2.45) is 0 Å². The maximum Gasteiger partial charge on any atom is 0.328 e. The summed E-state index contributed by atoms with van der Waals surface area (Å²) in [5.41, 5.74) is 2.13. The lowest BCUT2D eigenvalue weighted by molar-refractivity contribution is 0.936. The highest BCUT2D eigenvalue weighted by molar-refractivity contribution is 6.08. The molecule has 3 rings (SSSR count). The first-order valence-electron chi connectivity index (χ1n) is 6.39. The minimum absolute atomic E-state index is 0.0283. The Kier molecular flexibility index (Phi) is 2.96. The van der Waals surface area contributed by atoms with Gasteiger partial charge in [0.2, 0.25) is 5.56 Å². The van der Waals surface area contributed by atoms with Gasteiger partial charge < -0.3 is 3.55 Å². The number of rotatable bonds is 0. The average Bonchev–Trinajstić information content (AvgIpc) is 2.82. The zero-order valence-electron chi connectivity index (χ0n) is 11.1. The molecule has 0 saturated carbocycles. The lowest BCUT2D eigenvalue weighted by Crippen LogP contribution is -2.48. The lowest BCUT2D eigenvalue weighted by Gasteiger charge is -2.07. The summed E-state index contributed by atoms with van der Waals surface area (Å²) in [7, 11) is 0. The molecule has 4 nitrogen and oxygen atoms in total. The number of hydrogen-bond donors (Lipinski definition) is 0. The molecular formula is C14H14AlN3O. The summed E-state index contributed by atoms with van der Waals surface area (Å²) in [5.74, 6) is 0.685. The Bertz CT molecular complexity index is 871. The average molecular weight is 267 g/mol. The lowest BCUT2D eigenvalue weighted by atomic mass is 10.1. The van der Waals surface area contributed by atoms with Crippen LogP contribution in [0.1, 0.15) is 31.7 Å². The van der Waals surface area contributed by atoms with Gasteiger partial charge >= 0.3 is 16.5 Å². The molecule has 5 heteroatoms. The van der Waals surface area contributed by atoms with E-state index in [2.05, 4.69) is 38.0 Å². The zero-order valence-corrected chi connectivity index (χ0v) is 12.2. The van der Waals surface area contributed by atoms with Crippen LogP contribution in [0.2, 0.25) is 0 Å². The van der Waals surface area contributed by atoms with Crippen LogP contribution in [0.5, 0.6) is 0 Å². The van der Waals surface area contributed by atoms with E-state index in [4.69, 9.17) is 0 Å². The standard InChI is InChI=1S/C14H15N3O.Al/c1-3-9-11(4-2)17-12-8-6-5-7-10(12)15-14(17)16-13(9)18;/h3-4,6,8H,5,7H2,1-2H3,(H,15,16,18);/q;+1/p-1/b9-3+,11-4+;. The molecule has 2 aromatic rings. The second-order valence-electron chi connectivity index (χ2n) is 4.57. The van der Waals surface area contributed by atoms with Crippen molar-refractivity contribution >= 4 is 40.5 Å². The Morgan fingerprint density at radius 2 is 2.16 bits per heavy atom. The highest BCUT2D eigenvalue weighted by atomic mass is 27.1. The van der Waals surface area contributed by atoms with Gasteiger partial charge in [-0.15, -0.1) is 0 Å². The third-order valence-electron chi connectivity index (χ3n) is 3.54. The molecule has 0 atom stereocenters. The first-order valence-corrected chi connectivity index (χ1v) is 6.91. The predicted molar refractivity (Wildman–Crippen MR) is 77.5 cm³/mol. The first kappa shape index (κ1) is 12.5. The highest BCUT2D eigenvalue weighted by Gasteiger charge is 2.15. The van der Waals surface area contributed by atoms with Gasteiger partial charge in [-0.2, -0.15) is 0 Å². The van der Waals surface area contributed by atoms with E-state index in [0.717, 1.165) is 29.6 Å². The van der Waals surface area contributed by atoms with Gasteiger partial charge in [0.25, 0.3) is 0 Å². The van der Waals surface area contributed by atoms with E-state index in [1.54, 1.807) is 3.55 Å². The van der Waals surface area contributed by atoms with Crippen LogP contribution in [0.4, 0.5) is 0 Å². The number of nitrogens with zero attached hydrogens (tertiary/aromatic N) is 3. The summed E-state index contributed by atoms with van der Waals surface area (Å²) < 4.78 is 3.61. The molecule has 1 aliphatic rings. The molecule has 2 radical (unpaired) electrons. The van der Waals surface area contributed by atoms with Crippen LogP contribution < -0.4 is 16.1 Å². The van der Waals surface area contributed by atoms with E-state index in [9.17, 15) is 4.79 Å². The monoisotopic (exact) mass is 267 g/mol. The third kappa shape index (κ3) is 1.66. The van der Waals surface area contributed by atoms with Gasteiger partial charge in [-0.3, -0.25) is 9.20 Å². The van der Waals surface area contributed by atoms with Crippen molar-refractivity contribution in [3.8, 4) is 0 Å². The van der Waals surface area contributed by atoms with Crippen LogP contribution in [-0.4, -0.2) is 29.4 Å². The Morgan fingerprint density at radius 3 is 2.84 bits per heavy atom. The topological polar surface area (TPSA) is 39.3 Å². The van der Waals surface area contributed by atoms with Crippen LogP contribution >= 0.6 is 0 Å². The number of allylic oxidation sites excluding steroid dienone is 1. The normalized spacial score (nSPS) is 16.3. The van der Waals surface area contributed by atoms with Gasteiger partial charge in [0, 0.05) is 0 Å². The number of hydrogen-bond acceptors (Lipinski definition) is 2. The second-order valence-corrected chi connectivity index (χ2v) is 5.09. The number of aromatic nitrogens is 3. The zero-order chi connectivity index (χ0) is 13.6. The molecule has 2 heterocycles. The molecule has 0 amide bonds. The molecule has 0 unspecified atom stereocenters. The van der Waals surface area contributed by atoms with Crippen LogP contribution in [0, 0.1) is 0 Å². The quantitative estimate of drug-likeness (QED) is 0.630. The van der Waals surface area contributed by atoms with Crippen molar-refractivity contribution in [3.63, 3.8) is 0 Å². The molecule has 0 saturated heterocycles. The fourth-order valence-corrected chi connectivity index (χ4v) is 2.95. The summed E-state index contributed by atoms with van der Waals surface area (Å²) >= 11 is 2.47. The van der Waals surface area contributed by atoms with E-state index in [1.807, 2.05) is 26.0 Å². The molecule has 0 fully saturated rings. The summed E-state index contributed by atoms with van der Waals surface area (Å²) in [4.78, 5) is 16.9. The van der Waals surface area contributed by atoms with Gasteiger partial charge in [0.1, 0.15) is 0 Å². The molecule has 94 valence electrons. The minimum Gasteiger partial charge on any atom is -0.392 e. The molecule has 2 aromatic heterocycles. The maximum atomic E-state index is 12.3. The fourth-order valence-electron chi connectivity index (χ4n) is 2.64. The fraction of sp³-hybridized carbons (Fsp3) is 0.286. The number of fused-ring (bicyclic) bond motifs is 3. The first-order chi connectivity index (χ1) is 9.19. The largest absolute Gasteiger partial charge is 0.392 e. The smallest absolute Gasteiger partial charge is 0.328 e. The van der Waals surface area contributed by atoms with Crippen molar-refractivity contribution < 1.29 is 0 Å². The Hall–Kier alpha value is -1.57. The van der Waals surface area contributed by atoms with Crippen LogP contribution in [-0.2, 0) is 6.42 Å². The predicted octanol–water partition coefficient (Wildman–Crippen LogP) is -0.0122. The SMILES string of the molecule is C/C=c1/c(=O)[n]([Al])c2nc3c(n2/c1=C/C)C=CCC3. The summed E-state index contributed by atoms with van der Waals surface area (Å²) in [6, 6.07) is 0. The van der Waals surface area contributed by atoms with Gasteiger partial charge in [0.05, 0.1) is 22.0 Å². The van der Waals surface area contributed by atoms with Crippen LogP contribution in [0.3, 0.4) is 0 Å². The van der Waals surface area contributed by atoms with E-state index in [-0.39, 0.29) is 5.56 Å². The molecule has 0 bridgehead atoms. The Balaban J connectivity index is 2.70. The third-order valence-corrected chi connectivity index (χ3v) is 4.00. The van der Waals surface area contributed by atoms with Gasteiger partial charge in [-0.1, -0.05) is 18.2 Å². The number of imidazole rings is 1. The molecule has 1 aliphatic carbocycles. The highest BCUT2D eigenvalue weighted by Crippen LogP contribution is 2.17. The van der Waals surface area contributed by atoms with Crippen molar-refractivity contribution in [3.05, 3.63) is 38.4 Å². The summed E-state index contributed by atoms with van der Waals surface area (Å²) in [5, 5.41) is 1.63. The van der Waals surface area contributed by atoms with Gasteiger partial charge in [-0.05, 0) is 32.8 Å². The van der Waals surface area contributed by atoms with Crippen LogP contribution in [0.15, 0.2) is 10.9 Å². The minimum atomic E-state index is -0.0283. The number of aryl methyl sites for hydroxylation is 1. The van der Waals surface area contributed by atoms with E-state index in [1.165, 1.54) is 0 Å². The maximum absolute atomic E-state index is 12.3.